The molecule has 0 N–H and O–H groups in total. The molecule has 2 aromatic rings. The summed E-state index contributed by atoms with van der Waals surface area (Å²) in [6, 6.07) is 13.2. The Bertz CT molecular complexity index is 617. The minimum absolute atomic E-state index is 0.267. The average molecular weight is 284 g/mol. The summed E-state index contributed by atoms with van der Waals surface area (Å²) in [6.45, 7) is 0. The molecular weight excluding hydrogens is 263 g/mol. The van der Waals surface area contributed by atoms with E-state index in [-0.39, 0.29) is 5.82 Å². The Balaban J connectivity index is 1.78. The topological polar surface area (TPSA) is 9.23 Å². The van der Waals surface area contributed by atoms with Gasteiger partial charge in [-0.15, -0.1) is 0 Å². The summed E-state index contributed by atoms with van der Waals surface area (Å²) < 4.78 is 18.6. The van der Waals surface area contributed by atoms with Crippen molar-refractivity contribution in [2.24, 2.45) is 5.92 Å². The van der Waals surface area contributed by atoms with Crippen LogP contribution in [0, 0.1) is 11.7 Å². The molecule has 0 atom stereocenters. The fourth-order valence-electron chi connectivity index (χ4n) is 2.80. The van der Waals surface area contributed by atoms with Gasteiger partial charge in [0.2, 0.25) is 0 Å². The second-order valence-electron chi connectivity index (χ2n) is 5.88. The number of aryl methyl sites for hydroxylation is 1. The zero-order valence-corrected chi connectivity index (χ0v) is 12.4. The third-order valence-corrected chi connectivity index (χ3v) is 4.18. The van der Waals surface area contributed by atoms with Crippen molar-refractivity contribution in [1.29, 1.82) is 0 Å². The van der Waals surface area contributed by atoms with Crippen LogP contribution in [0.3, 0.4) is 0 Å². The maximum atomic E-state index is 13.3. The maximum Gasteiger partial charge on any atom is 0.129 e. The van der Waals surface area contributed by atoms with Crippen molar-refractivity contribution < 1.29 is 9.13 Å². The number of methoxy groups -OCH3 is 1. The van der Waals surface area contributed by atoms with Gasteiger partial charge in [0, 0.05) is 11.6 Å². The number of rotatable bonds is 6. The lowest BCUT2D eigenvalue weighted by molar-refractivity contribution is 0.413. The molecule has 1 nitrogen and oxygen atoms in total. The molecule has 1 aliphatic rings. The minimum atomic E-state index is -0.267. The van der Waals surface area contributed by atoms with Crippen LogP contribution in [0.4, 0.5) is 4.39 Å². The monoisotopic (exact) mass is 284 g/mol. The average Bonchev–Trinajstić information content (AvgIpc) is 3.31. The number of benzene rings is 2. The van der Waals surface area contributed by atoms with Crippen LogP contribution in [0.1, 0.15) is 31.2 Å². The zero-order valence-electron chi connectivity index (χ0n) is 12.4. The first-order valence-corrected chi connectivity index (χ1v) is 7.69. The normalized spacial score (nSPS) is 14.2. The fraction of sp³-hybridized carbons (Fsp3) is 0.368. The van der Waals surface area contributed by atoms with Gasteiger partial charge in [0.1, 0.15) is 11.6 Å². The number of hydrogen-bond donors (Lipinski definition) is 0. The first-order chi connectivity index (χ1) is 10.3. The Labute approximate surface area is 125 Å². The van der Waals surface area contributed by atoms with Crippen LogP contribution in [0.5, 0.6) is 5.75 Å². The largest absolute Gasteiger partial charge is 0.496 e. The lowest BCUT2D eigenvalue weighted by Crippen LogP contribution is -1.91. The first-order valence-electron chi connectivity index (χ1n) is 7.69. The summed E-state index contributed by atoms with van der Waals surface area (Å²) in [5, 5.41) is 0. The van der Waals surface area contributed by atoms with Crippen LogP contribution in [-0.2, 0) is 6.42 Å². The Hall–Kier alpha value is -1.83. The smallest absolute Gasteiger partial charge is 0.129 e. The summed E-state index contributed by atoms with van der Waals surface area (Å²) in [5.41, 5.74) is 3.39. The molecule has 0 saturated heterocycles. The third kappa shape index (κ3) is 3.63. The van der Waals surface area contributed by atoms with Crippen molar-refractivity contribution in [3.05, 3.63) is 53.8 Å². The molecular formula is C19H21FO. The van der Waals surface area contributed by atoms with Crippen LogP contribution < -0.4 is 4.74 Å². The van der Waals surface area contributed by atoms with Crippen LogP contribution in [-0.4, -0.2) is 7.11 Å². The molecule has 1 fully saturated rings. The molecule has 0 bridgehead atoms. The van der Waals surface area contributed by atoms with Gasteiger partial charge in [-0.1, -0.05) is 43.5 Å². The van der Waals surface area contributed by atoms with Crippen molar-refractivity contribution in [3.8, 4) is 16.9 Å². The van der Waals surface area contributed by atoms with Gasteiger partial charge in [-0.2, -0.15) is 0 Å². The predicted octanol–water partition coefficient (Wildman–Crippen LogP) is 5.23. The van der Waals surface area contributed by atoms with Crippen LogP contribution in [0.15, 0.2) is 42.5 Å². The van der Waals surface area contributed by atoms with E-state index in [9.17, 15) is 4.39 Å². The maximum absolute atomic E-state index is 13.3. The molecule has 3 rings (SSSR count). The van der Waals surface area contributed by atoms with Gasteiger partial charge in [0.05, 0.1) is 7.11 Å². The van der Waals surface area contributed by atoms with E-state index in [1.807, 2.05) is 0 Å². The fourth-order valence-corrected chi connectivity index (χ4v) is 2.80. The van der Waals surface area contributed by atoms with Gasteiger partial charge >= 0.3 is 0 Å². The van der Waals surface area contributed by atoms with Crippen molar-refractivity contribution in [2.75, 3.05) is 7.11 Å². The van der Waals surface area contributed by atoms with E-state index < -0.39 is 0 Å². The van der Waals surface area contributed by atoms with Gasteiger partial charge in [0.15, 0.2) is 0 Å². The second-order valence-corrected chi connectivity index (χ2v) is 5.88. The molecule has 0 heterocycles. The first kappa shape index (κ1) is 14.1. The molecule has 0 aliphatic heterocycles. The highest BCUT2D eigenvalue weighted by Gasteiger charge is 2.20. The van der Waals surface area contributed by atoms with Gasteiger partial charge in [-0.3, -0.25) is 0 Å². The van der Waals surface area contributed by atoms with Crippen LogP contribution in [0.2, 0.25) is 0 Å². The van der Waals surface area contributed by atoms with E-state index in [1.165, 1.54) is 43.4 Å². The Morgan fingerprint density at radius 1 is 1.14 bits per heavy atom. The van der Waals surface area contributed by atoms with Gasteiger partial charge in [0.25, 0.3) is 0 Å². The highest BCUT2D eigenvalue weighted by Crippen LogP contribution is 2.34. The van der Waals surface area contributed by atoms with Crippen molar-refractivity contribution in [1.82, 2.24) is 0 Å². The number of halogens is 1. The summed E-state index contributed by atoms with van der Waals surface area (Å²) in [5.74, 6) is 1.31. The standard InChI is InChI=1S/C19H21FO/c1-21-19-13-17(20)10-11-18(19)16-7-3-6-15(12-16)5-2-4-14-8-9-14/h3,6-7,10-14H,2,4-5,8-9H2,1H3. The lowest BCUT2D eigenvalue weighted by atomic mass is 9.99. The van der Waals surface area contributed by atoms with Crippen molar-refractivity contribution in [3.63, 3.8) is 0 Å². The molecule has 2 aromatic carbocycles. The Morgan fingerprint density at radius 2 is 2.00 bits per heavy atom. The van der Waals surface area contributed by atoms with E-state index in [1.54, 1.807) is 13.2 Å². The van der Waals surface area contributed by atoms with Crippen molar-refractivity contribution >= 4 is 0 Å². The SMILES string of the molecule is COc1cc(F)ccc1-c1cccc(CCCC2CC2)c1. The van der Waals surface area contributed by atoms with E-state index in [0.29, 0.717) is 5.75 Å². The van der Waals surface area contributed by atoms with Crippen molar-refractivity contribution in [2.45, 2.75) is 32.1 Å². The molecule has 0 radical (unpaired) electrons. The Kier molecular flexibility index (Phi) is 4.23. The zero-order chi connectivity index (χ0) is 14.7. The summed E-state index contributed by atoms with van der Waals surface area (Å²) in [7, 11) is 1.58. The van der Waals surface area contributed by atoms with Gasteiger partial charge in [-0.25, -0.2) is 4.39 Å². The van der Waals surface area contributed by atoms with Crippen LogP contribution >= 0.6 is 0 Å². The Morgan fingerprint density at radius 3 is 2.76 bits per heavy atom. The number of ether oxygens (including phenoxy) is 1. The third-order valence-electron chi connectivity index (χ3n) is 4.18. The summed E-state index contributed by atoms with van der Waals surface area (Å²) in [4.78, 5) is 0. The van der Waals surface area contributed by atoms with E-state index >= 15 is 0 Å². The predicted molar refractivity (Wildman–Crippen MR) is 84.1 cm³/mol. The summed E-state index contributed by atoms with van der Waals surface area (Å²) in [6.07, 6.45) is 6.58. The highest BCUT2D eigenvalue weighted by molar-refractivity contribution is 5.71. The molecule has 0 spiro atoms. The second kappa shape index (κ2) is 6.30. The summed E-state index contributed by atoms with van der Waals surface area (Å²) >= 11 is 0. The molecule has 110 valence electrons. The lowest BCUT2D eigenvalue weighted by Gasteiger charge is -2.10. The molecule has 1 saturated carbocycles. The van der Waals surface area contributed by atoms with E-state index in [4.69, 9.17) is 4.74 Å². The molecule has 0 aromatic heterocycles. The van der Waals surface area contributed by atoms with Crippen LogP contribution in [0.25, 0.3) is 11.1 Å². The molecule has 1 aliphatic carbocycles. The highest BCUT2D eigenvalue weighted by atomic mass is 19.1. The molecule has 2 heteroatoms. The van der Waals surface area contributed by atoms with Gasteiger partial charge in [-0.05, 0) is 42.0 Å². The minimum Gasteiger partial charge on any atom is -0.496 e. The molecule has 0 unspecified atom stereocenters. The van der Waals surface area contributed by atoms with E-state index in [0.717, 1.165) is 23.5 Å². The van der Waals surface area contributed by atoms with Gasteiger partial charge < -0.3 is 4.74 Å². The van der Waals surface area contributed by atoms with E-state index in [2.05, 4.69) is 24.3 Å². The molecule has 0 amide bonds. The quantitative estimate of drug-likeness (QED) is 0.705. The number of hydrogen-bond acceptors (Lipinski definition) is 1. The molecule has 21 heavy (non-hydrogen) atoms.